The van der Waals surface area contributed by atoms with Gasteiger partial charge >= 0.3 is 5.97 Å². The fraction of sp³-hybridized carbons (Fsp3) is 0.154. The van der Waals surface area contributed by atoms with Crippen LogP contribution in [0.2, 0.25) is 0 Å². The van der Waals surface area contributed by atoms with Gasteiger partial charge in [-0.1, -0.05) is 24.3 Å². The molecular weight excluding hydrogens is 204 g/mol. The number of aryl methyl sites for hydroxylation is 1. The fourth-order valence-electron chi connectivity index (χ4n) is 1.88. The third kappa shape index (κ3) is 1.50. The maximum atomic E-state index is 11.1. The molecule has 0 aromatic heterocycles. The molecule has 0 amide bonds. The van der Waals surface area contributed by atoms with Crippen molar-refractivity contribution >= 4 is 16.7 Å². The van der Waals surface area contributed by atoms with Crippen LogP contribution in [0.5, 0.6) is 5.75 Å². The van der Waals surface area contributed by atoms with Crippen molar-refractivity contribution in [2.75, 3.05) is 7.11 Å². The highest BCUT2D eigenvalue weighted by Gasteiger charge is 2.13. The Kier molecular flexibility index (Phi) is 2.52. The molecule has 2 aromatic carbocycles. The summed E-state index contributed by atoms with van der Waals surface area (Å²) in [5.74, 6) is -0.328. The highest BCUT2D eigenvalue weighted by molar-refractivity contribution is 6.05. The first-order valence-corrected chi connectivity index (χ1v) is 4.94. The molecule has 0 bridgehead atoms. The summed E-state index contributed by atoms with van der Waals surface area (Å²) in [7, 11) is 1.54. The number of fused-ring (bicyclic) bond motifs is 1. The van der Waals surface area contributed by atoms with Gasteiger partial charge in [0.2, 0.25) is 0 Å². The van der Waals surface area contributed by atoms with Crippen molar-refractivity contribution in [3.63, 3.8) is 0 Å². The molecule has 16 heavy (non-hydrogen) atoms. The van der Waals surface area contributed by atoms with Crippen LogP contribution in [0.1, 0.15) is 15.9 Å². The monoisotopic (exact) mass is 216 g/mol. The van der Waals surface area contributed by atoms with Gasteiger partial charge in [0.25, 0.3) is 0 Å². The van der Waals surface area contributed by atoms with Crippen LogP contribution < -0.4 is 4.74 Å². The Hall–Kier alpha value is -2.03. The highest BCUT2D eigenvalue weighted by atomic mass is 16.5. The van der Waals surface area contributed by atoms with Gasteiger partial charge in [0.05, 0.1) is 12.7 Å². The lowest BCUT2D eigenvalue weighted by atomic mass is 9.99. The van der Waals surface area contributed by atoms with E-state index in [4.69, 9.17) is 9.84 Å². The van der Waals surface area contributed by atoms with E-state index in [1.54, 1.807) is 13.2 Å². The van der Waals surface area contributed by atoms with Crippen molar-refractivity contribution in [3.05, 3.63) is 41.5 Å². The maximum absolute atomic E-state index is 11.1. The predicted octanol–water partition coefficient (Wildman–Crippen LogP) is 2.86. The largest absolute Gasteiger partial charge is 0.496 e. The van der Waals surface area contributed by atoms with Gasteiger partial charge in [-0.3, -0.25) is 0 Å². The van der Waals surface area contributed by atoms with E-state index in [-0.39, 0.29) is 5.56 Å². The van der Waals surface area contributed by atoms with Crippen molar-refractivity contribution in [3.8, 4) is 5.75 Å². The van der Waals surface area contributed by atoms with Crippen molar-refractivity contribution < 1.29 is 14.6 Å². The average molecular weight is 216 g/mol. The van der Waals surface area contributed by atoms with E-state index in [2.05, 4.69) is 0 Å². The topological polar surface area (TPSA) is 46.5 Å². The number of carboxylic acids is 1. The molecule has 0 unspecified atom stereocenters. The predicted molar refractivity (Wildman–Crippen MR) is 62.2 cm³/mol. The number of hydrogen-bond donors (Lipinski definition) is 1. The molecule has 3 heteroatoms. The Labute approximate surface area is 93.3 Å². The van der Waals surface area contributed by atoms with Crippen LogP contribution in [0, 0.1) is 6.92 Å². The standard InChI is InChI=1S/C13H12O3/c1-8-9-5-3-4-6-10(9)11(13(14)15)7-12(8)16-2/h3-7H,1-2H3,(H,14,15). The number of hydrogen-bond acceptors (Lipinski definition) is 2. The molecule has 0 aliphatic rings. The van der Waals surface area contributed by atoms with Crippen LogP contribution in [-0.4, -0.2) is 18.2 Å². The zero-order valence-electron chi connectivity index (χ0n) is 9.15. The SMILES string of the molecule is COc1cc(C(=O)O)c2ccccc2c1C. The summed E-state index contributed by atoms with van der Waals surface area (Å²) >= 11 is 0. The van der Waals surface area contributed by atoms with Gasteiger partial charge in [-0.25, -0.2) is 4.79 Å². The summed E-state index contributed by atoms with van der Waals surface area (Å²) in [5.41, 5.74) is 1.24. The van der Waals surface area contributed by atoms with Crippen LogP contribution in [0.15, 0.2) is 30.3 Å². The summed E-state index contributed by atoms with van der Waals surface area (Å²) in [6.07, 6.45) is 0. The molecule has 82 valence electrons. The Morgan fingerprint density at radius 3 is 2.44 bits per heavy atom. The molecule has 0 radical (unpaired) electrons. The summed E-state index contributed by atoms with van der Waals surface area (Å²) in [4.78, 5) is 11.1. The maximum Gasteiger partial charge on any atom is 0.336 e. The molecule has 0 heterocycles. The fourth-order valence-corrected chi connectivity index (χ4v) is 1.88. The Balaban J connectivity index is 2.90. The van der Waals surface area contributed by atoms with Crippen molar-refractivity contribution in [1.82, 2.24) is 0 Å². The number of methoxy groups -OCH3 is 1. The molecule has 1 N–H and O–H groups in total. The minimum absolute atomic E-state index is 0.276. The minimum atomic E-state index is -0.936. The first kappa shape index (κ1) is 10.5. The molecule has 2 aromatic rings. The van der Waals surface area contributed by atoms with Gasteiger partial charge in [0.1, 0.15) is 5.75 Å². The summed E-state index contributed by atoms with van der Waals surface area (Å²) in [6, 6.07) is 9.01. The van der Waals surface area contributed by atoms with Crippen LogP contribution in [0.3, 0.4) is 0 Å². The molecule has 0 atom stereocenters. The molecule has 3 nitrogen and oxygen atoms in total. The normalized spacial score (nSPS) is 10.4. The van der Waals surface area contributed by atoms with Crippen LogP contribution in [0.25, 0.3) is 10.8 Å². The smallest absolute Gasteiger partial charge is 0.336 e. The van der Waals surface area contributed by atoms with Crippen molar-refractivity contribution in [2.24, 2.45) is 0 Å². The Morgan fingerprint density at radius 1 is 1.25 bits per heavy atom. The van der Waals surface area contributed by atoms with E-state index in [9.17, 15) is 4.79 Å². The number of rotatable bonds is 2. The molecule has 0 aliphatic heterocycles. The van der Waals surface area contributed by atoms with Gasteiger partial charge < -0.3 is 9.84 Å². The second kappa shape index (κ2) is 3.85. The van der Waals surface area contributed by atoms with E-state index in [1.165, 1.54) is 0 Å². The highest BCUT2D eigenvalue weighted by Crippen LogP contribution is 2.30. The molecule has 0 spiro atoms. The van der Waals surface area contributed by atoms with Crippen molar-refractivity contribution in [2.45, 2.75) is 6.92 Å². The summed E-state index contributed by atoms with van der Waals surface area (Å²) in [5, 5.41) is 10.8. The first-order chi connectivity index (χ1) is 7.65. The van der Waals surface area contributed by atoms with Gasteiger partial charge in [0.15, 0.2) is 0 Å². The van der Waals surface area contributed by atoms with E-state index in [0.29, 0.717) is 5.75 Å². The van der Waals surface area contributed by atoms with E-state index in [1.807, 2.05) is 31.2 Å². The van der Waals surface area contributed by atoms with Gasteiger partial charge in [0, 0.05) is 0 Å². The van der Waals surface area contributed by atoms with E-state index < -0.39 is 5.97 Å². The Morgan fingerprint density at radius 2 is 1.88 bits per heavy atom. The van der Waals surface area contributed by atoms with Crippen LogP contribution in [0.4, 0.5) is 0 Å². The molecule has 2 rings (SSSR count). The number of ether oxygens (including phenoxy) is 1. The van der Waals surface area contributed by atoms with Gasteiger partial charge in [-0.05, 0) is 29.3 Å². The minimum Gasteiger partial charge on any atom is -0.496 e. The zero-order valence-corrected chi connectivity index (χ0v) is 9.15. The third-order valence-electron chi connectivity index (χ3n) is 2.72. The summed E-state index contributed by atoms with van der Waals surface area (Å²) < 4.78 is 5.18. The van der Waals surface area contributed by atoms with Crippen LogP contribution >= 0.6 is 0 Å². The zero-order chi connectivity index (χ0) is 11.7. The number of carboxylic acid groups (broad SMARTS) is 1. The number of aromatic carboxylic acids is 1. The molecule has 0 aliphatic carbocycles. The van der Waals surface area contributed by atoms with E-state index >= 15 is 0 Å². The average Bonchev–Trinajstić information content (AvgIpc) is 2.29. The molecular formula is C13H12O3. The lowest BCUT2D eigenvalue weighted by molar-refractivity contribution is 0.0698. The molecule has 0 fully saturated rings. The number of benzene rings is 2. The Bertz CT molecular complexity index is 558. The second-order valence-electron chi connectivity index (χ2n) is 3.60. The lowest BCUT2D eigenvalue weighted by Gasteiger charge is -2.10. The van der Waals surface area contributed by atoms with E-state index in [0.717, 1.165) is 16.3 Å². The number of carbonyl (C=O) groups is 1. The second-order valence-corrected chi connectivity index (χ2v) is 3.60. The molecule has 0 saturated carbocycles. The van der Waals surface area contributed by atoms with Crippen molar-refractivity contribution in [1.29, 1.82) is 0 Å². The van der Waals surface area contributed by atoms with Gasteiger partial charge in [-0.2, -0.15) is 0 Å². The quantitative estimate of drug-likeness (QED) is 0.839. The molecule has 0 saturated heterocycles. The van der Waals surface area contributed by atoms with Crippen LogP contribution in [-0.2, 0) is 0 Å². The summed E-state index contributed by atoms with van der Waals surface area (Å²) in [6.45, 7) is 1.92. The lowest BCUT2D eigenvalue weighted by Crippen LogP contribution is -2.00. The first-order valence-electron chi connectivity index (χ1n) is 4.94. The third-order valence-corrected chi connectivity index (χ3v) is 2.72. The van der Waals surface area contributed by atoms with Gasteiger partial charge in [-0.15, -0.1) is 0 Å².